The summed E-state index contributed by atoms with van der Waals surface area (Å²) in [7, 11) is 0. The molecule has 0 atom stereocenters. The van der Waals surface area contributed by atoms with Crippen molar-refractivity contribution in [2.45, 2.75) is 13.8 Å². The maximum absolute atomic E-state index is 15.2. The van der Waals surface area contributed by atoms with Crippen LogP contribution in [0.5, 0.6) is 0 Å². The third kappa shape index (κ3) is 4.46. The van der Waals surface area contributed by atoms with Gasteiger partial charge in [-0.05, 0) is 49.2 Å². The van der Waals surface area contributed by atoms with E-state index in [4.69, 9.17) is 5.26 Å². The molecule has 0 bridgehead atoms. The fourth-order valence-corrected chi connectivity index (χ4v) is 4.40. The number of halogens is 4. The first-order chi connectivity index (χ1) is 21.1. The molecule has 6 rings (SSSR count). The van der Waals surface area contributed by atoms with E-state index in [2.05, 4.69) is 34.9 Å². The first-order valence-electron chi connectivity index (χ1n) is 12.5. The molecule has 3 heterocycles. The molecule has 0 saturated carbocycles. The van der Waals surface area contributed by atoms with Gasteiger partial charge in [-0.25, -0.2) is 52.5 Å². The normalized spacial score (nSPS) is 14.9. The van der Waals surface area contributed by atoms with Crippen LogP contribution in [-0.2, 0) is 0 Å². The van der Waals surface area contributed by atoms with Crippen LogP contribution in [0.1, 0.15) is 28.3 Å². The summed E-state index contributed by atoms with van der Waals surface area (Å²) in [6, 6.07) is 15.0. The highest BCUT2D eigenvalue weighted by atomic mass is 19.2. The van der Waals surface area contributed by atoms with Crippen molar-refractivity contribution in [1.29, 1.82) is 15.8 Å². The minimum Gasteiger partial charge on any atom is -0.226 e. The molecule has 0 aliphatic carbocycles. The Bertz CT molecular complexity index is 2290. The number of rotatable bonds is 3. The highest BCUT2D eigenvalue weighted by Crippen LogP contribution is 2.32. The Hall–Kier alpha value is -6.46. The molecular weight excluding hydrogens is 576 g/mol. The van der Waals surface area contributed by atoms with Crippen LogP contribution in [0.3, 0.4) is 0 Å². The molecule has 2 aliphatic rings. The first-order valence-corrected chi connectivity index (χ1v) is 12.5. The van der Waals surface area contributed by atoms with Gasteiger partial charge in [0, 0.05) is 0 Å². The van der Waals surface area contributed by atoms with E-state index in [-0.39, 0.29) is 11.6 Å². The second-order valence-corrected chi connectivity index (χ2v) is 9.48. The topological polar surface area (TPSA) is 159 Å². The van der Waals surface area contributed by atoms with Gasteiger partial charge in [-0.2, -0.15) is 15.8 Å². The standard InChI is InChI=1S/C30H12F4N10/c1-12-3-5-17-19(7-12)40-26(38-17)15(10-36)28-42-29(16(11-37)27-39-18-6-4-13(2)8-20(18)41-27)44-30(43-28)21-24(33)22(31)14(9-35)23(32)25(21)34/h3-8H,1-2H3/b26-15-,27-16-. The molecule has 0 N–H and O–H groups in total. The molecule has 10 nitrogen and oxygen atoms in total. The van der Waals surface area contributed by atoms with Gasteiger partial charge in [-0.15, -0.1) is 0 Å². The third-order valence-corrected chi connectivity index (χ3v) is 6.52. The zero-order valence-corrected chi connectivity index (χ0v) is 22.4. The molecular formula is C30H12F4N10. The molecule has 0 unspecified atom stereocenters. The van der Waals surface area contributed by atoms with Crippen molar-refractivity contribution in [3.8, 4) is 29.6 Å². The minimum atomic E-state index is -1.99. The second kappa shape index (κ2) is 10.4. The Kier molecular flexibility index (Phi) is 6.56. The Morgan fingerprint density at radius 3 is 1.43 bits per heavy atom. The van der Waals surface area contributed by atoms with Gasteiger partial charge in [0.25, 0.3) is 0 Å². The summed E-state index contributed by atoms with van der Waals surface area (Å²) >= 11 is 0. The van der Waals surface area contributed by atoms with Gasteiger partial charge < -0.3 is 0 Å². The Morgan fingerprint density at radius 2 is 1.02 bits per heavy atom. The summed E-state index contributed by atoms with van der Waals surface area (Å²) in [5.41, 5.74) is -1.98. The fraction of sp³-hybridized carbons (Fsp3) is 0.0667. The van der Waals surface area contributed by atoms with Gasteiger partial charge in [0.05, 0.1) is 27.0 Å². The highest BCUT2D eigenvalue weighted by Gasteiger charge is 2.30. The molecule has 0 radical (unpaired) electrons. The fourth-order valence-electron chi connectivity index (χ4n) is 4.40. The smallest absolute Gasteiger partial charge is 0.180 e. The maximum Gasteiger partial charge on any atom is 0.180 e. The largest absolute Gasteiger partial charge is 0.226 e. The molecule has 44 heavy (non-hydrogen) atoms. The van der Waals surface area contributed by atoms with E-state index in [1.807, 2.05) is 26.0 Å². The summed E-state index contributed by atoms with van der Waals surface area (Å²) < 4.78 is 59.6. The molecule has 4 aromatic rings. The third-order valence-electron chi connectivity index (χ3n) is 6.52. The van der Waals surface area contributed by atoms with Crippen molar-refractivity contribution in [2.75, 3.05) is 0 Å². The number of nitriles is 3. The summed E-state index contributed by atoms with van der Waals surface area (Å²) in [5, 5.41) is 30.9. The van der Waals surface area contributed by atoms with Crippen LogP contribution >= 0.6 is 0 Å². The Labute approximate surface area is 244 Å². The van der Waals surface area contributed by atoms with Crippen LogP contribution in [-0.4, -0.2) is 15.0 Å². The summed E-state index contributed by atoms with van der Waals surface area (Å²) in [4.78, 5) is 29.3. The Balaban J connectivity index is 1.68. The molecule has 0 amide bonds. The quantitative estimate of drug-likeness (QED) is 0.203. The molecule has 1 aromatic heterocycles. The minimum absolute atomic E-state index is 0.168. The van der Waals surface area contributed by atoms with E-state index >= 15 is 8.78 Å². The zero-order valence-electron chi connectivity index (χ0n) is 22.4. The van der Waals surface area contributed by atoms with Crippen molar-refractivity contribution >= 4 is 11.1 Å². The molecule has 210 valence electrons. The summed E-state index contributed by atoms with van der Waals surface area (Å²) in [5.74, 6) is -10.4. The van der Waals surface area contributed by atoms with Crippen molar-refractivity contribution in [1.82, 2.24) is 15.0 Å². The van der Waals surface area contributed by atoms with Crippen LogP contribution in [0.25, 0.3) is 22.5 Å². The van der Waals surface area contributed by atoms with Crippen LogP contribution in [0, 0.1) is 71.1 Å². The van der Waals surface area contributed by atoms with Gasteiger partial charge in [0.2, 0.25) is 0 Å². The van der Waals surface area contributed by atoms with Gasteiger partial charge in [0.15, 0.2) is 52.4 Å². The van der Waals surface area contributed by atoms with Crippen LogP contribution in [0.2, 0.25) is 0 Å². The average Bonchev–Trinajstić information content (AvgIpc) is 3.60. The predicted molar refractivity (Wildman–Crippen MR) is 142 cm³/mol. The molecule has 3 aromatic carbocycles. The van der Waals surface area contributed by atoms with E-state index in [9.17, 15) is 19.3 Å². The molecule has 0 spiro atoms. The van der Waals surface area contributed by atoms with Crippen LogP contribution in [0.15, 0.2) is 68.0 Å². The lowest BCUT2D eigenvalue weighted by molar-refractivity contribution is 0.453. The van der Waals surface area contributed by atoms with Crippen molar-refractivity contribution in [2.24, 2.45) is 20.0 Å². The lowest BCUT2D eigenvalue weighted by Gasteiger charge is -2.10. The number of nitrogens with zero attached hydrogens (tertiary/aromatic N) is 10. The van der Waals surface area contributed by atoms with Gasteiger partial charge in [-0.3, -0.25) is 0 Å². The van der Waals surface area contributed by atoms with E-state index in [1.165, 1.54) is 0 Å². The summed E-state index contributed by atoms with van der Waals surface area (Å²) in [6.07, 6.45) is 0. The van der Waals surface area contributed by atoms with E-state index in [0.29, 0.717) is 21.4 Å². The monoisotopic (exact) mass is 588 g/mol. The average molecular weight is 588 g/mol. The molecule has 0 fully saturated rings. The SMILES string of the molecule is Cc1ccc2c(c1)=N/C(=C(/C#N)c1nc(/C(C#N)=C3/N=c4ccc(C)cc4=N3)nc(-c3c(F)c(F)c(C#N)c(F)c3F)n1)N=2. The number of aromatic nitrogens is 3. The van der Waals surface area contributed by atoms with Crippen molar-refractivity contribution in [3.63, 3.8) is 0 Å². The number of fused-ring (bicyclic) bond motifs is 2. The van der Waals surface area contributed by atoms with Gasteiger partial charge in [0.1, 0.15) is 34.9 Å². The molecule has 14 heteroatoms. The number of hydrogen-bond donors (Lipinski definition) is 0. The number of aryl methyl sites for hydroxylation is 2. The number of hydrogen-bond acceptors (Lipinski definition) is 10. The number of benzene rings is 3. The number of allylic oxidation sites excluding steroid dienone is 2. The van der Waals surface area contributed by atoms with Gasteiger partial charge >= 0.3 is 0 Å². The first kappa shape index (κ1) is 27.7. The lowest BCUT2D eigenvalue weighted by Crippen LogP contribution is -2.20. The van der Waals surface area contributed by atoms with Crippen molar-refractivity contribution < 1.29 is 17.6 Å². The van der Waals surface area contributed by atoms with E-state index in [1.54, 1.807) is 36.4 Å². The summed E-state index contributed by atoms with van der Waals surface area (Å²) in [6.45, 7) is 3.64. The predicted octanol–water partition coefficient (Wildman–Crippen LogP) is 2.87. The van der Waals surface area contributed by atoms with Crippen molar-refractivity contribution in [3.05, 3.63) is 121 Å². The lowest BCUT2D eigenvalue weighted by atomic mass is 10.1. The van der Waals surface area contributed by atoms with Gasteiger partial charge in [-0.1, -0.05) is 12.1 Å². The molecule has 0 saturated heterocycles. The zero-order chi connectivity index (χ0) is 31.3. The highest BCUT2D eigenvalue weighted by molar-refractivity contribution is 5.80. The second-order valence-electron chi connectivity index (χ2n) is 9.48. The Morgan fingerprint density at radius 1 is 0.591 bits per heavy atom. The van der Waals surface area contributed by atoms with E-state index in [0.717, 1.165) is 17.2 Å². The maximum atomic E-state index is 15.2. The van der Waals surface area contributed by atoms with Crippen LogP contribution < -0.4 is 21.4 Å². The van der Waals surface area contributed by atoms with E-state index < -0.39 is 63.0 Å². The molecule has 2 aliphatic heterocycles. The van der Waals surface area contributed by atoms with Crippen LogP contribution in [0.4, 0.5) is 17.6 Å².